The van der Waals surface area contributed by atoms with E-state index in [1.54, 1.807) is 0 Å². The summed E-state index contributed by atoms with van der Waals surface area (Å²) in [6, 6.07) is 15.7. The van der Waals surface area contributed by atoms with Crippen molar-refractivity contribution >= 4 is 46.7 Å². The molecule has 0 saturated heterocycles. The second-order valence-electron chi connectivity index (χ2n) is 10.8. The first-order valence-electron chi connectivity index (χ1n) is 15.1. The summed E-state index contributed by atoms with van der Waals surface area (Å²) >= 11 is 11.7. The van der Waals surface area contributed by atoms with Gasteiger partial charge < -0.3 is 24.6 Å². The summed E-state index contributed by atoms with van der Waals surface area (Å²) in [7, 11) is 0. The number of alkyl halides is 6. The number of rotatable bonds is 9. The van der Waals surface area contributed by atoms with Crippen LogP contribution in [0.15, 0.2) is 97.2 Å². The summed E-state index contributed by atoms with van der Waals surface area (Å²) < 4.78 is 119. The van der Waals surface area contributed by atoms with Crippen LogP contribution in [0.4, 0.5) is 40.8 Å². The molecule has 0 aliphatic rings. The van der Waals surface area contributed by atoms with Crippen molar-refractivity contribution in [3.63, 3.8) is 0 Å². The van der Waals surface area contributed by atoms with Crippen molar-refractivity contribution in [1.82, 2.24) is 4.98 Å². The normalized spacial score (nSPS) is 11.8. The van der Waals surface area contributed by atoms with Crippen LogP contribution in [0.1, 0.15) is 38.8 Å². The summed E-state index contributed by atoms with van der Waals surface area (Å²) in [5, 5.41) is 10.7. The highest BCUT2D eigenvalue weighted by Crippen LogP contribution is 2.37. The summed E-state index contributed by atoms with van der Waals surface area (Å²) in [5.74, 6) is -5.48. The molecule has 5 rings (SSSR count). The maximum absolute atomic E-state index is 13.7. The fourth-order valence-corrected chi connectivity index (χ4v) is 4.57. The highest BCUT2D eigenvalue weighted by atomic mass is 35.5. The van der Waals surface area contributed by atoms with E-state index in [2.05, 4.69) is 10.3 Å². The summed E-state index contributed by atoms with van der Waals surface area (Å²) in [5.41, 5.74) is -2.47. The van der Waals surface area contributed by atoms with E-state index in [1.165, 1.54) is 36.5 Å². The summed E-state index contributed by atoms with van der Waals surface area (Å²) in [6.45, 7) is 1.16. The van der Waals surface area contributed by atoms with Gasteiger partial charge in [-0.25, -0.2) is 23.4 Å². The highest BCUT2D eigenvalue weighted by Gasteiger charge is 2.32. The Morgan fingerprint density at radius 1 is 0.745 bits per heavy atom. The number of carbonyl (C=O) groups excluding carboxylic acids is 2. The number of benzene rings is 4. The molecular weight excluding hydrogens is 795 g/mol. The van der Waals surface area contributed by atoms with Gasteiger partial charge in [-0.2, -0.15) is 26.3 Å². The van der Waals surface area contributed by atoms with Crippen LogP contribution >= 0.6 is 23.2 Å². The van der Waals surface area contributed by atoms with Crippen LogP contribution in [0, 0.1) is 11.6 Å². The maximum atomic E-state index is 13.7. The van der Waals surface area contributed by atoms with Crippen molar-refractivity contribution in [3.05, 3.63) is 141 Å². The number of aliphatic carboxylic acids is 1. The van der Waals surface area contributed by atoms with E-state index in [0.29, 0.717) is 12.1 Å². The number of pyridine rings is 1. The molecule has 1 amide bonds. The van der Waals surface area contributed by atoms with Crippen LogP contribution in [0.25, 0.3) is 0 Å². The molecule has 0 spiro atoms. The molecule has 0 unspecified atom stereocenters. The number of carboxylic acid groups (broad SMARTS) is 1. The number of halogens is 10. The van der Waals surface area contributed by atoms with Gasteiger partial charge in [0.25, 0.3) is 5.91 Å². The Bertz CT molecular complexity index is 2220. The van der Waals surface area contributed by atoms with Crippen LogP contribution in [-0.4, -0.2) is 34.0 Å². The third-order valence-electron chi connectivity index (χ3n) is 6.85. The Morgan fingerprint density at radius 2 is 1.42 bits per heavy atom. The molecule has 288 valence electrons. The Labute approximate surface area is 315 Å². The first-order chi connectivity index (χ1) is 25.7. The number of hydrogen-bond donors (Lipinski definition) is 2. The number of aromatic nitrogens is 1. The van der Waals surface area contributed by atoms with Crippen molar-refractivity contribution in [2.24, 2.45) is 0 Å². The first kappa shape index (κ1) is 41.8. The van der Waals surface area contributed by atoms with Crippen LogP contribution in [0.3, 0.4) is 0 Å². The molecule has 4 aromatic carbocycles. The first-order valence-corrected chi connectivity index (χ1v) is 15.8. The number of nitrogens with zero attached hydrogens (tertiary/aromatic N) is 1. The molecule has 1 atom stereocenters. The Kier molecular flexibility index (Phi) is 13.3. The number of nitrogens with one attached hydrogen (secondary N) is 1. The molecule has 2 N–H and O–H groups in total. The number of ether oxygens (including phenoxy) is 3. The van der Waals surface area contributed by atoms with Gasteiger partial charge >= 0.3 is 24.3 Å². The minimum atomic E-state index is -4.57. The molecule has 5 aromatic rings. The molecule has 55 heavy (non-hydrogen) atoms. The van der Waals surface area contributed by atoms with Gasteiger partial charge in [-0.3, -0.25) is 4.79 Å². The molecule has 0 aliphatic heterocycles. The quantitative estimate of drug-likeness (QED) is 0.111. The second kappa shape index (κ2) is 17.5. The lowest BCUT2D eigenvalue weighted by atomic mass is 10.2. The van der Waals surface area contributed by atoms with Gasteiger partial charge in [-0.05, 0) is 85.8 Å². The summed E-state index contributed by atoms with van der Waals surface area (Å²) in [4.78, 5) is 39.1. The van der Waals surface area contributed by atoms with Crippen LogP contribution in [-0.2, 0) is 21.9 Å². The monoisotopic (exact) mass is 816 g/mol. The number of hydrogen-bond acceptors (Lipinski definition) is 7. The van der Waals surface area contributed by atoms with Gasteiger partial charge in [-0.15, -0.1) is 0 Å². The predicted molar refractivity (Wildman–Crippen MR) is 181 cm³/mol. The van der Waals surface area contributed by atoms with Gasteiger partial charge in [0.2, 0.25) is 5.88 Å². The Hall–Kier alpha value is -5.94. The van der Waals surface area contributed by atoms with E-state index in [1.807, 2.05) is 0 Å². The topological polar surface area (TPSA) is 124 Å². The van der Waals surface area contributed by atoms with Gasteiger partial charge in [0.1, 0.15) is 34.4 Å². The fourth-order valence-electron chi connectivity index (χ4n) is 4.16. The number of esters is 1. The van der Waals surface area contributed by atoms with Crippen molar-refractivity contribution in [1.29, 1.82) is 0 Å². The Morgan fingerprint density at radius 3 is 2.05 bits per heavy atom. The minimum absolute atomic E-state index is 0.0246. The van der Waals surface area contributed by atoms with Crippen LogP contribution in [0.5, 0.6) is 23.1 Å². The summed E-state index contributed by atoms with van der Waals surface area (Å²) in [6.07, 6.45) is -9.25. The molecular formula is C36H22Cl2F8N2O7. The second-order valence-corrected chi connectivity index (χ2v) is 11.6. The van der Waals surface area contributed by atoms with Gasteiger partial charge in [0.15, 0.2) is 6.10 Å². The minimum Gasteiger partial charge on any atom is -0.479 e. The van der Waals surface area contributed by atoms with Gasteiger partial charge in [-0.1, -0.05) is 29.3 Å². The SMILES string of the molecule is C[C@H](OC(=O)c1cc(Oc2ccc(C(F)(F)F)cc2Cl)ccc1Cl)C(=O)O.O=C(Nc1ccc(F)cc1F)c1cccnc1Oc1cccc(C(F)(F)F)c1. The molecule has 9 nitrogen and oxygen atoms in total. The van der Waals surface area contributed by atoms with Gasteiger partial charge in [0.05, 0.1) is 32.4 Å². The lowest BCUT2D eigenvalue weighted by Crippen LogP contribution is -2.23. The molecule has 1 heterocycles. The largest absolute Gasteiger partial charge is 0.479 e. The van der Waals surface area contributed by atoms with Gasteiger partial charge in [0, 0.05) is 12.3 Å². The van der Waals surface area contributed by atoms with Crippen molar-refractivity contribution in [2.75, 3.05) is 5.32 Å². The average Bonchev–Trinajstić information content (AvgIpc) is 3.10. The molecule has 0 aliphatic carbocycles. The van der Waals surface area contributed by atoms with Crippen molar-refractivity contribution in [3.8, 4) is 23.1 Å². The highest BCUT2D eigenvalue weighted by molar-refractivity contribution is 6.33. The number of carbonyl (C=O) groups is 3. The molecule has 19 heteroatoms. The maximum Gasteiger partial charge on any atom is 0.416 e. The van der Waals surface area contributed by atoms with E-state index < -0.39 is 59.1 Å². The van der Waals surface area contributed by atoms with E-state index >= 15 is 0 Å². The zero-order valence-electron chi connectivity index (χ0n) is 27.4. The fraction of sp³-hybridized carbons (Fsp3) is 0.111. The molecule has 0 radical (unpaired) electrons. The van der Waals surface area contributed by atoms with E-state index in [4.69, 9.17) is 42.5 Å². The predicted octanol–water partition coefficient (Wildman–Crippen LogP) is 10.9. The van der Waals surface area contributed by atoms with Crippen LogP contribution in [0.2, 0.25) is 10.0 Å². The third-order valence-corrected chi connectivity index (χ3v) is 7.47. The molecule has 0 bridgehead atoms. The third kappa shape index (κ3) is 11.5. The Balaban J connectivity index is 0.000000245. The lowest BCUT2D eigenvalue weighted by molar-refractivity contribution is -0.146. The zero-order chi connectivity index (χ0) is 40.7. The molecule has 0 saturated carbocycles. The number of anilines is 1. The van der Waals surface area contributed by atoms with Crippen LogP contribution < -0.4 is 14.8 Å². The van der Waals surface area contributed by atoms with E-state index in [9.17, 15) is 49.5 Å². The smallest absolute Gasteiger partial charge is 0.416 e. The number of carboxylic acids is 1. The zero-order valence-corrected chi connectivity index (χ0v) is 29.0. The van der Waals surface area contributed by atoms with Crippen molar-refractivity contribution < 1.29 is 68.8 Å². The lowest BCUT2D eigenvalue weighted by Gasteiger charge is -2.13. The van der Waals surface area contributed by atoms with E-state index in [-0.39, 0.29) is 50.0 Å². The molecule has 0 fully saturated rings. The standard InChI is InChI=1S/C19H11F5N2O2.C17H11Cl2F3O5/c20-12-6-7-16(15(21)10-12)26-17(27)14-5-2-8-25-18(14)28-13-4-1-3-11(9-13)19(22,23)24;1-8(15(23)24)26-16(25)11-7-10(3-4-12(11)18)27-14-5-2-9(6-13(14)19)17(20,21)22/h1-10H,(H,26,27);2-8H,1H3,(H,23,24)/t;8-/m.0/s1. The number of amides is 1. The van der Waals surface area contributed by atoms with E-state index in [0.717, 1.165) is 55.5 Å². The average molecular weight is 817 g/mol. The molecule has 1 aromatic heterocycles. The van der Waals surface area contributed by atoms with Crippen molar-refractivity contribution in [2.45, 2.75) is 25.4 Å².